The molecule has 1 radical (unpaired) electrons. The zero-order valence-electron chi connectivity index (χ0n) is 10.3. The fourth-order valence-electron chi connectivity index (χ4n) is 1.10. The molecule has 0 atom stereocenters. The van der Waals surface area contributed by atoms with Gasteiger partial charge in [-0.15, -0.1) is 0 Å². The van der Waals surface area contributed by atoms with Crippen molar-refractivity contribution in [2.75, 3.05) is 6.61 Å². The summed E-state index contributed by atoms with van der Waals surface area (Å²) in [5.41, 5.74) is 0.335. The molecule has 1 aromatic rings. The van der Waals surface area contributed by atoms with E-state index in [9.17, 15) is 9.59 Å². The molecule has 0 spiro atoms. The fraction of sp³-hybridized carbons (Fsp3) is 0.333. The Morgan fingerprint density at radius 1 is 1.11 bits per heavy atom. The first-order chi connectivity index (χ1) is 7.95. The van der Waals surface area contributed by atoms with Crippen LogP contribution in [0.15, 0.2) is 18.2 Å². The third-order valence-electron chi connectivity index (χ3n) is 2.02. The molecule has 0 aliphatic heterocycles. The first-order valence-electron chi connectivity index (χ1n) is 5.12. The topological polar surface area (TPSA) is 94.8 Å². The van der Waals surface area contributed by atoms with Crippen molar-refractivity contribution < 1.29 is 47.3 Å². The molecule has 99 valence electrons. The maximum absolute atomic E-state index is 10.6. The minimum atomic E-state index is -1.11. The molecule has 0 aliphatic carbocycles. The number of benzene rings is 1. The molecular formula is C12H16O5Ta. The SMILES string of the molecule is CCCO.Cc1c(C(=O)O)cccc1C(=O)O.[Ta]. The Hall–Kier alpha value is -1.14. The molecule has 1 aromatic carbocycles. The van der Waals surface area contributed by atoms with E-state index in [0.29, 0.717) is 6.61 Å². The van der Waals surface area contributed by atoms with Gasteiger partial charge in [0.15, 0.2) is 0 Å². The van der Waals surface area contributed by atoms with E-state index in [1.54, 1.807) is 0 Å². The van der Waals surface area contributed by atoms with Gasteiger partial charge in [0, 0.05) is 29.0 Å². The monoisotopic (exact) mass is 421 g/mol. The first-order valence-corrected chi connectivity index (χ1v) is 5.12. The van der Waals surface area contributed by atoms with Crippen LogP contribution in [0.25, 0.3) is 0 Å². The molecule has 0 aliphatic rings. The Morgan fingerprint density at radius 2 is 1.44 bits per heavy atom. The summed E-state index contributed by atoms with van der Waals surface area (Å²) in [5, 5.41) is 25.2. The molecule has 0 saturated carbocycles. The van der Waals surface area contributed by atoms with Crippen LogP contribution in [0.2, 0.25) is 0 Å². The van der Waals surface area contributed by atoms with Gasteiger partial charge < -0.3 is 15.3 Å². The second-order valence-corrected chi connectivity index (χ2v) is 3.31. The number of carboxylic acid groups (broad SMARTS) is 2. The summed E-state index contributed by atoms with van der Waals surface area (Å²) in [5.74, 6) is -2.22. The van der Waals surface area contributed by atoms with Crippen molar-refractivity contribution in [1.82, 2.24) is 0 Å². The Morgan fingerprint density at radius 3 is 1.67 bits per heavy atom. The van der Waals surface area contributed by atoms with Gasteiger partial charge in [0.25, 0.3) is 0 Å². The molecule has 3 N–H and O–H groups in total. The Labute approximate surface area is 121 Å². The van der Waals surface area contributed by atoms with Crippen LogP contribution >= 0.6 is 0 Å². The summed E-state index contributed by atoms with van der Waals surface area (Å²) in [6.45, 7) is 3.73. The van der Waals surface area contributed by atoms with E-state index in [1.165, 1.54) is 25.1 Å². The van der Waals surface area contributed by atoms with E-state index in [-0.39, 0.29) is 39.1 Å². The van der Waals surface area contributed by atoms with Gasteiger partial charge in [-0.05, 0) is 31.0 Å². The van der Waals surface area contributed by atoms with Crippen molar-refractivity contribution in [3.63, 3.8) is 0 Å². The minimum absolute atomic E-state index is 0. The van der Waals surface area contributed by atoms with Crippen LogP contribution in [0, 0.1) is 6.92 Å². The van der Waals surface area contributed by atoms with Crippen molar-refractivity contribution >= 4 is 11.9 Å². The second-order valence-electron chi connectivity index (χ2n) is 3.31. The smallest absolute Gasteiger partial charge is 0.335 e. The van der Waals surface area contributed by atoms with E-state index in [1.807, 2.05) is 6.92 Å². The third kappa shape index (κ3) is 5.97. The standard InChI is InChI=1S/C9H8O4.C3H8O.Ta/c1-5-6(8(10)11)3-2-4-7(5)9(12)13;1-2-3-4;/h2-4H,1H3,(H,10,11)(H,12,13);4H,2-3H2,1H3;. The average molecular weight is 421 g/mol. The molecule has 0 fully saturated rings. The molecule has 0 heterocycles. The number of hydrogen-bond donors (Lipinski definition) is 3. The quantitative estimate of drug-likeness (QED) is 0.692. The van der Waals surface area contributed by atoms with Crippen molar-refractivity contribution in [2.45, 2.75) is 20.3 Å². The fourth-order valence-corrected chi connectivity index (χ4v) is 1.10. The maximum Gasteiger partial charge on any atom is 0.335 e. The number of aliphatic hydroxyl groups excluding tert-OH is 1. The van der Waals surface area contributed by atoms with Crippen molar-refractivity contribution in [3.8, 4) is 0 Å². The van der Waals surface area contributed by atoms with Crippen LogP contribution in [0.4, 0.5) is 0 Å². The minimum Gasteiger partial charge on any atom is -0.478 e. The van der Waals surface area contributed by atoms with Gasteiger partial charge >= 0.3 is 11.9 Å². The Kier molecular flexibility index (Phi) is 10.5. The molecule has 0 unspecified atom stereocenters. The molecule has 1 rings (SSSR count). The predicted molar refractivity (Wildman–Crippen MR) is 62.5 cm³/mol. The van der Waals surface area contributed by atoms with Crippen LogP contribution in [0.3, 0.4) is 0 Å². The molecule has 18 heavy (non-hydrogen) atoms. The summed E-state index contributed by atoms with van der Waals surface area (Å²) in [6, 6.07) is 4.17. The number of hydrogen-bond acceptors (Lipinski definition) is 3. The van der Waals surface area contributed by atoms with Gasteiger partial charge in [0.1, 0.15) is 0 Å². The largest absolute Gasteiger partial charge is 0.478 e. The van der Waals surface area contributed by atoms with E-state index in [0.717, 1.165) is 6.42 Å². The zero-order chi connectivity index (χ0) is 13.4. The first kappa shape index (κ1) is 19.2. The summed E-state index contributed by atoms with van der Waals surface area (Å²) in [6.07, 6.45) is 0.875. The normalized spacial score (nSPS) is 8.61. The predicted octanol–water partition coefficient (Wildman–Crippen LogP) is 1.78. The van der Waals surface area contributed by atoms with Crippen LogP contribution < -0.4 is 0 Å². The molecule has 6 heteroatoms. The summed E-state index contributed by atoms with van der Waals surface area (Å²) in [7, 11) is 0. The number of rotatable bonds is 3. The van der Waals surface area contributed by atoms with Gasteiger partial charge in [-0.2, -0.15) is 0 Å². The van der Waals surface area contributed by atoms with Gasteiger partial charge in [-0.1, -0.05) is 13.0 Å². The number of aromatic carboxylic acids is 2. The molecular weight excluding hydrogens is 405 g/mol. The summed E-state index contributed by atoms with van der Waals surface area (Å²) >= 11 is 0. The molecule has 0 aromatic heterocycles. The number of carbonyl (C=O) groups is 2. The number of aliphatic hydroxyl groups is 1. The van der Waals surface area contributed by atoms with E-state index >= 15 is 0 Å². The van der Waals surface area contributed by atoms with Crippen molar-refractivity contribution in [3.05, 3.63) is 34.9 Å². The van der Waals surface area contributed by atoms with Gasteiger partial charge in [-0.3, -0.25) is 0 Å². The third-order valence-corrected chi connectivity index (χ3v) is 2.02. The number of carboxylic acids is 2. The second kappa shape index (κ2) is 9.85. The Bertz CT molecular complexity index is 369. The van der Waals surface area contributed by atoms with Crippen LogP contribution in [0.5, 0.6) is 0 Å². The van der Waals surface area contributed by atoms with Crippen molar-refractivity contribution in [2.24, 2.45) is 0 Å². The van der Waals surface area contributed by atoms with Crippen molar-refractivity contribution in [1.29, 1.82) is 0 Å². The summed E-state index contributed by atoms with van der Waals surface area (Å²) < 4.78 is 0. The Balaban J connectivity index is 0. The zero-order valence-corrected chi connectivity index (χ0v) is 13.5. The van der Waals surface area contributed by atoms with E-state index in [4.69, 9.17) is 15.3 Å². The van der Waals surface area contributed by atoms with Gasteiger partial charge in [0.2, 0.25) is 0 Å². The van der Waals surface area contributed by atoms with Crippen LogP contribution in [-0.4, -0.2) is 33.9 Å². The van der Waals surface area contributed by atoms with E-state index in [2.05, 4.69) is 0 Å². The van der Waals surface area contributed by atoms with Crippen LogP contribution in [-0.2, 0) is 22.4 Å². The maximum atomic E-state index is 10.6. The van der Waals surface area contributed by atoms with Crippen LogP contribution in [0.1, 0.15) is 39.6 Å². The van der Waals surface area contributed by atoms with Gasteiger partial charge in [0.05, 0.1) is 11.1 Å². The van der Waals surface area contributed by atoms with Gasteiger partial charge in [-0.25, -0.2) is 9.59 Å². The van der Waals surface area contributed by atoms with E-state index < -0.39 is 11.9 Å². The average Bonchev–Trinajstić information content (AvgIpc) is 2.29. The molecule has 0 saturated heterocycles. The molecule has 0 amide bonds. The summed E-state index contributed by atoms with van der Waals surface area (Å²) in [4.78, 5) is 21.2. The molecule has 5 nitrogen and oxygen atoms in total. The molecule has 0 bridgehead atoms.